The quantitative estimate of drug-likeness (QED) is 0.504. The molecule has 30 heavy (non-hydrogen) atoms. The van der Waals surface area contributed by atoms with Crippen LogP contribution < -0.4 is 9.47 Å². The van der Waals surface area contributed by atoms with Crippen molar-refractivity contribution in [1.29, 1.82) is 0 Å². The first-order valence-electron chi connectivity index (χ1n) is 8.82. The van der Waals surface area contributed by atoms with Crippen LogP contribution in [0.4, 0.5) is 4.39 Å². The van der Waals surface area contributed by atoms with Crippen molar-refractivity contribution in [1.82, 2.24) is 20.0 Å². The third-order valence-corrected chi connectivity index (χ3v) is 4.35. The van der Waals surface area contributed by atoms with E-state index < -0.39 is 0 Å². The van der Waals surface area contributed by atoms with E-state index >= 15 is 0 Å². The third-order valence-electron chi connectivity index (χ3n) is 4.35. The molecule has 1 N–H and O–H groups in total. The lowest BCUT2D eigenvalue weighted by Crippen LogP contribution is -1.99. The Kier molecular flexibility index (Phi) is 6.53. The van der Waals surface area contributed by atoms with Crippen LogP contribution in [0.15, 0.2) is 55.0 Å². The fourth-order valence-corrected chi connectivity index (χ4v) is 2.98. The fourth-order valence-electron chi connectivity index (χ4n) is 2.98. The highest BCUT2D eigenvalue weighted by Crippen LogP contribution is 2.35. The van der Waals surface area contributed by atoms with E-state index in [0.717, 1.165) is 22.1 Å². The molecule has 0 aliphatic rings. The van der Waals surface area contributed by atoms with Gasteiger partial charge in [-0.1, -0.05) is 12.1 Å². The van der Waals surface area contributed by atoms with Gasteiger partial charge in [-0.3, -0.25) is 9.48 Å². The predicted octanol–water partition coefficient (Wildman–Crippen LogP) is 3.40. The van der Waals surface area contributed by atoms with Gasteiger partial charge < -0.3 is 14.6 Å². The normalized spacial score (nSPS) is 10.2. The number of hydrogen-bond donors (Lipinski definition) is 1. The molecule has 0 saturated carbocycles. The highest BCUT2D eigenvalue weighted by Gasteiger charge is 2.13. The minimum absolute atomic E-state index is 0.250. The van der Waals surface area contributed by atoms with Crippen molar-refractivity contribution in [3.05, 3.63) is 66.4 Å². The van der Waals surface area contributed by atoms with Gasteiger partial charge in [-0.2, -0.15) is 15.3 Å². The number of halogens is 1. The first-order valence-corrected chi connectivity index (χ1v) is 8.82. The third kappa shape index (κ3) is 4.52. The Morgan fingerprint density at radius 3 is 2.43 bits per heavy atom. The maximum absolute atomic E-state index is 13.1. The number of fused-ring (bicyclic) bond motifs is 1. The molecule has 0 unspecified atom stereocenters. The smallest absolute Gasteiger partial charge is 0.290 e. The van der Waals surface area contributed by atoms with Gasteiger partial charge in [-0.05, 0) is 23.8 Å². The Bertz CT molecular complexity index is 1150. The zero-order valence-corrected chi connectivity index (χ0v) is 16.3. The molecule has 0 radical (unpaired) electrons. The predicted molar refractivity (Wildman–Crippen MR) is 108 cm³/mol. The van der Waals surface area contributed by atoms with Gasteiger partial charge in [0.2, 0.25) is 0 Å². The molecule has 2 aromatic carbocycles. The number of aromatic nitrogens is 4. The molecule has 0 saturated heterocycles. The Morgan fingerprint density at radius 2 is 1.77 bits per heavy atom. The van der Waals surface area contributed by atoms with Gasteiger partial charge >= 0.3 is 0 Å². The molecule has 0 bridgehead atoms. The van der Waals surface area contributed by atoms with Crippen LogP contribution >= 0.6 is 0 Å². The first-order chi connectivity index (χ1) is 14.6. The summed E-state index contributed by atoms with van der Waals surface area (Å²) >= 11 is 0. The molecule has 0 amide bonds. The summed E-state index contributed by atoms with van der Waals surface area (Å²) in [5.41, 5.74) is 3.47. The van der Waals surface area contributed by atoms with Crippen LogP contribution in [0.25, 0.3) is 22.0 Å². The largest absolute Gasteiger partial charge is 0.493 e. The van der Waals surface area contributed by atoms with Crippen LogP contribution in [-0.4, -0.2) is 45.8 Å². The molecule has 0 spiro atoms. The number of hydrogen-bond acceptors (Lipinski definition) is 6. The molecular formula is C21H19FN4O4. The molecule has 4 aromatic rings. The second kappa shape index (κ2) is 9.46. The summed E-state index contributed by atoms with van der Waals surface area (Å²) in [6.45, 7) is 0.299. The average Bonchev–Trinajstić information content (AvgIpc) is 3.22. The number of carboxylic acid groups (broad SMARTS) is 1. The van der Waals surface area contributed by atoms with Crippen LogP contribution in [0.3, 0.4) is 0 Å². The van der Waals surface area contributed by atoms with Crippen molar-refractivity contribution >= 4 is 17.4 Å². The van der Waals surface area contributed by atoms with Gasteiger partial charge in [-0.25, -0.2) is 4.39 Å². The Morgan fingerprint density at radius 1 is 1.10 bits per heavy atom. The lowest BCUT2D eigenvalue weighted by Gasteiger charge is -2.10. The van der Waals surface area contributed by atoms with Crippen molar-refractivity contribution < 1.29 is 23.8 Å². The minimum Gasteiger partial charge on any atom is -0.493 e. The Balaban J connectivity index is 0.000000806. The molecule has 0 atom stereocenters. The number of nitrogens with zero attached hydrogens (tertiary/aromatic N) is 4. The molecule has 8 nitrogen and oxygen atoms in total. The van der Waals surface area contributed by atoms with Crippen LogP contribution in [0.2, 0.25) is 0 Å². The van der Waals surface area contributed by atoms with Gasteiger partial charge in [-0.15, -0.1) is 0 Å². The summed E-state index contributed by atoms with van der Waals surface area (Å²) in [6, 6.07) is 10.1. The zero-order chi connectivity index (χ0) is 21.5. The van der Waals surface area contributed by atoms with Crippen LogP contribution in [0.1, 0.15) is 5.56 Å². The topological polar surface area (TPSA) is 99.4 Å². The molecule has 154 valence electrons. The number of carbonyl (C=O) groups is 1. The Hall–Kier alpha value is -4.01. The molecular weight excluding hydrogens is 391 g/mol. The Labute approximate surface area is 171 Å². The van der Waals surface area contributed by atoms with Crippen molar-refractivity contribution in [2.75, 3.05) is 14.2 Å². The first kappa shape index (κ1) is 20.7. The van der Waals surface area contributed by atoms with Crippen molar-refractivity contribution in [3.8, 4) is 22.6 Å². The van der Waals surface area contributed by atoms with Crippen molar-refractivity contribution in [2.24, 2.45) is 0 Å². The monoisotopic (exact) mass is 410 g/mol. The number of ether oxygens (including phenoxy) is 2. The number of benzene rings is 2. The minimum atomic E-state index is -0.251. The molecule has 0 aliphatic heterocycles. The molecule has 0 aliphatic carbocycles. The van der Waals surface area contributed by atoms with E-state index in [-0.39, 0.29) is 12.3 Å². The van der Waals surface area contributed by atoms with E-state index in [1.54, 1.807) is 49.5 Å². The maximum atomic E-state index is 13.1. The highest BCUT2D eigenvalue weighted by atomic mass is 19.1. The van der Waals surface area contributed by atoms with Crippen LogP contribution in [0, 0.1) is 5.82 Å². The standard InChI is InChI=1S/C20H17FN4O2.CH2O2/c1-26-19-7-16-17(10-22-24-18(16)8-20(19)27-2)14-9-23-25(12-14)11-13-3-5-15(21)6-4-13;2-1-3/h3-10,12H,11H2,1-2H3;1H,(H,2,3). The second-order valence-corrected chi connectivity index (χ2v) is 6.14. The summed E-state index contributed by atoms with van der Waals surface area (Å²) in [7, 11) is 3.18. The summed E-state index contributed by atoms with van der Waals surface area (Å²) in [5.74, 6) is 0.972. The van der Waals surface area contributed by atoms with Crippen molar-refractivity contribution in [2.45, 2.75) is 6.54 Å². The van der Waals surface area contributed by atoms with E-state index in [1.807, 2.05) is 12.3 Å². The lowest BCUT2D eigenvalue weighted by molar-refractivity contribution is -0.122. The summed E-state index contributed by atoms with van der Waals surface area (Å²) in [4.78, 5) is 8.36. The lowest BCUT2D eigenvalue weighted by atomic mass is 10.1. The van der Waals surface area contributed by atoms with Crippen LogP contribution in [0.5, 0.6) is 11.5 Å². The van der Waals surface area contributed by atoms with E-state index in [4.69, 9.17) is 19.4 Å². The summed E-state index contributed by atoms with van der Waals surface area (Å²) in [6.07, 6.45) is 5.40. The summed E-state index contributed by atoms with van der Waals surface area (Å²) in [5, 5.41) is 20.5. The van der Waals surface area contributed by atoms with E-state index in [0.29, 0.717) is 23.6 Å². The van der Waals surface area contributed by atoms with E-state index in [9.17, 15) is 4.39 Å². The maximum Gasteiger partial charge on any atom is 0.290 e. The van der Waals surface area contributed by atoms with Gasteiger partial charge in [0, 0.05) is 28.8 Å². The molecule has 2 heterocycles. The van der Waals surface area contributed by atoms with Gasteiger partial charge in [0.05, 0.1) is 38.7 Å². The molecule has 4 rings (SSSR count). The van der Waals surface area contributed by atoms with Gasteiger partial charge in [0.15, 0.2) is 11.5 Å². The number of methoxy groups -OCH3 is 2. The van der Waals surface area contributed by atoms with Gasteiger partial charge in [0.1, 0.15) is 5.82 Å². The van der Waals surface area contributed by atoms with Crippen molar-refractivity contribution in [3.63, 3.8) is 0 Å². The molecule has 9 heteroatoms. The highest BCUT2D eigenvalue weighted by molar-refractivity contribution is 5.95. The summed E-state index contributed by atoms with van der Waals surface area (Å²) < 4.78 is 25.6. The van der Waals surface area contributed by atoms with E-state index in [2.05, 4.69) is 15.3 Å². The number of rotatable bonds is 5. The zero-order valence-electron chi connectivity index (χ0n) is 16.3. The van der Waals surface area contributed by atoms with Gasteiger partial charge in [0.25, 0.3) is 6.47 Å². The van der Waals surface area contributed by atoms with E-state index in [1.165, 1.54) is 12.1 Å². The molecule has 2 aromatic heterocycles. The van der Waals surface area contributed by atoms with Crippen LogP contribution in [-0.2, 0) is 11.3 Å². The fraction of sp³-hybridized carbons (Fsp3) is 0.143. The SMILES string of the molecule is COc1cc2nncc(-c3cnn(Cc4ccc(F)cc4)c3)c2cc1OC.O=CO. The average molecular weight is 410 g/mol. The second-order valence-electron chi connectivity index (χ2n) is 6.14. The molecule has 0 fully saturated rings.